The summed E-state index contributed by atoms with van der Waals surface area (Å²) in [5.74, 6) is 0.611. The zero-order valence-electron chi connectivity index (χ0n) is 11.5. The number of benzene rings is 1. The number of amides is 1. The number of methoxy groups -OCH3 is 1. The molecule has 0 aromatic heterocycles. The fraction of sp³-hybridized carbons (Fsp3) is 0.500. The van der Waals surface area contributed by atoms with E-state index in [2.05, 4.69) is 15.9 Å². The lowest BCUT2D eigenvalue weighted by Gasteiger charge is -2.38. The topological polar surface area (TPSA) is 58.8 Å². The van der Waals surface area contributed by atoms with Crippen LogP contribution >= 0.6 is 0 Å². The van der Waals surface area contributed by atoms with Gasteiger partial charge in [-0.3, -0.25) is 9.69 Å². The van der Waals surface area contributed by atoms with E-state index in [0.717, 1.165) is 37.6 Å². The first-order valence-electron chi connectivity index (χ1n) is 6.54. The summed E-state index contributed by atoms with van der Waals surface area (Å²) in [6.45, 7) is 5.35. The maximum atomic E-state index is 11.2. The lowest BCUT2D eigenvalue weighted by Crippen LogP contribution is -2.53. The van der Waals surface area contributed by atoms with E-state index in [1.54, 1.807) is 7.11 Å². The summed E-state index contributed by atoms with van der Waals surface area (Å²) in [4.78, 5) is 15.6. The van der Waals surface area contributed by atoms with Crippen LogP contribution in [0.4, 0.5) is 5.69 Å². The third kappa shape index (κ3) is 3.17. The Hall–Kier alpha value is -1.75. The Kier molecular flexibility index (Phi) is 4.27. The number of carbonyl (C=O) groups excluding carboxylic acids is 1. The maximum Gasteiger partial charge on any atom is 0.234 e. The Balaban J connectivity index is 1.97. The number of anilines is 1. The van der Waals surface area contributed by atoms with Gasteiger partial charge in [-0.25, -0.2) is 0 Å². The minimum absolute atomic E-state index is 0.188. The number of ether oxygens (including phenoxy) is 1. The van der Waals surface area contributed by atoms with Gasteiger partial charge in [0.1, 0.15) is 5.75 Å². The minimum Gasteiger partial charge on any atom is -0.497 e. The summed E-state index contributed by atoms with van der Waals surface area (Å²) in [7, 11) is 1.67. The van der Waals surface area contributed by atoms with Crippen molar-refractivity contribution in [3.05, 3.63) is 24.3 Å². The first kappa shape index (κ1) is 13.7. The van der Waals surface area contributed by atoms with E-state index in [4.69, 9.17) is 10.5 Å². The lowest BCUT2D eigenvalue weighted by atomic mass is 10.2. The zero-order chi connectivity index (χ0) is 13.8. The van der Waals surface area contributed by atoms with Crippen LogP contribution in [0, 0.1) is 0 Å². The molecule has 0 aliphatic carbocycles. The van der Waals surface area contributed by atoms with E-state index in [1.807, 2.05) is 25.1 Å². The maximum absolute atomic E-state index is 11.2. The van der Waals surface area contributed by atoms with E-state index in [-0.39, 0.29) is 11.9 Å². The highest BCUT2D eigenvalue weighted by Gasteiger charge is 2.24. The molecule has 1 aromatic rings. The molecule has 0 spiro atoms. The van der Waals surface area contributed by atoms with Crippen molar-refractivity contribution in [2.75, 3.05) is 38.2 Å². The van der Waals surface area contributed by atoms with Gasteiger partial charge in [-0.15, -0.1) is 0 Å². The van der Waals surface area contributed by atoms with Crippen molar-refractivity contribution in [1.29, 1.82) is 0 Å². The first-order chi connectivity index (χ1) is 9.11. The van der Waals surface area contributed by atoms with Gasteiger partial charge < -0.3 is 15.4 Å². The van der Waals surface area contributed by atoms with Crippen LogP contribution in [0.5, 0.6) is 5.75 Å². The van der Waals surface area contributed by atoms with Crippen molar-refractivity contribution in [3.63, 3.8) is 0 Å². The summed E-state index contributed by atoms with van der Waals surface area (Å²) in [5.41, 5.74) is 6.50. The predicted octanol–water partition coefficient (Wildman–Crippen LogP) is 0.691. The quantitative estimate of drug-likeness (QED) is 0.868. The highest BCUT2D eigenvalue weighted by Crippen LogP contribution is 2.22. The molecule has 1 saturated heterocycles. The van der Waals surface area contributed by atoms with Crippen LogP contribution in [-0.4, -0.2) is 50.1 Å². The number of nitrogens with two attached hydrogens (primary N) is 1. The van der Waals surface area contributed by atoms with Crippen molar-refractivity contribution in [2.24, 2.45) is 5.73 Å². The molecular formula is C14H21N3O2. The van der Waals surface area contributed by atoms with Crippen molar-refractivity contribution in [1.82, 2.24) is 4.90 Å². The zero-order valence-corrected chi connectivity index (χ0v) is 11.5. The van der Waals surface area contributed by atoms with Gasteiger partial charge in [-0.05, 0) is 19.1 Å². The molecule has 1 aliphatic rings. The van der Waals surface area contributed by atoms with Gasteiger partial charge in [0.2, 0.25) is 5.91 Å². The molecular weight excluding hydrogens is 242 g/mol. The normalized spacial score (nSPS) is 18.1. The minimum atomic E-state index is -0.255. The van der Waals surface area contributed by atoms with E-state index < -0.39 is 0 Å². The van der Waals surface area contributed by atoms with Gasteiger partial charge in [0, 0.05) is 37.9 Å². The number of rotatable bonds is 4. The highest BCUT2D eigenvalue weighted by atomic mass is 16.5. The first-order valence-corrected chi connectivity index (χ1v) is 6.54. The number of hydrogen-bond acceptors (Lipinski definition) is 4. The molecule has 2 N–H and O–H groups in total. The molecule has 1 heterocycles. The van der Waals surface area contributed by atoms with Gasteiger partial charge in [-0.2, -0.15) is 0 Å². The number of nitrogens with zero attached hydrogens (tertiary/aromatic N) is 2. The fourth-order valence-corrected chi connectivity index (χ4v) is 2.35. The van der Waals surface area contributed by atoms with Crippen molar-refractivity contribution in [2.45, 2.75) is 13.0 Å². The Bertz CT molecular complexity index is 442. The number of piperazine rings is 1. The average molecular weight is 263 g/mol. The summed E-state index contributed by atoms with van der Waals surface area (Å²) in [6, 6.07) is 7.86. The van der Waals surface area contributed by atoms with Crippen LogP contribution in [0.25, 0.3) is 0 Å². The summed E-state index contributed by atoms with van der Waals surface area (Å²) < 4.78 is 5.24. The number of carbonyl (C=O) groups is 1. The molecule has 5 nitrogen and oxygen atoms in total. The van der Waals surface area contributed by atoms with Gasteiger partial charge in [0.15, 0.2) is 0 Å². The SMILES string of the molecule is COc1cccc(N2CCN([C@H](C)C(N)=O)CC2)c1. The summed E-state index contributed by atoms with van der Waals surface area (Å²) in [6.07, 6.45) is 0. The Morgan fingerprint density at radius 1 is 1.32 bits per heavy atom. The van der Waals surface area contributed by atoms with Crippen LogP contribution in [0.2, 0.25) is 0 Å². The third-order valence-electron chi connectivity index (χ3n) is 3.69. The molecule has 0 radical (unpaired) electrons. The van der Waals surface area contributed by atoms with Crippen molar-refractivity contribution < 1.29 is 9.53 Å². The lowest BCUT2D eigenvalue weighted by molar-refractivity contribution is -0.122. The second-order valence-electron chi connectivity index (χ2n) is 4.80. The Morgan fingerprint density at radius 2 is 2.00 bits per heavy atom. The van der Waals surface area contributed by atoms with E-state index in [1.165, 1.54) is 0 Å². The highest BCUT2D eigenvalue weighted by molar-refractivity contribution is 5.79. The molecule has 0 unspecified atom stereocenters. The standard InChI is InChI=1S/C14H21N3O2/c1-11(14(15)18)16-6-8-17(9-7-16)12-4-3-5-13(10-12)19-2/h3-5,10-11H,6-9H2,1-2H3,(H2,15,18)/t11-/m1/s1. The largest absolute Gasteiger partial charge is 0.497 e. The third-order valence-corrected chi connectivity index (χ3v) is 3.69. The Morgan fingerprint density at radius 3 is 2.58 bits per heavy atom. The van der Waals surface area contributed by atoms with E-state index in [9.17, 15) is 4.79 Å². The van der Waals surface area contributed by atoms with E-state index >= 15 is 0 Å². The van der Waals surface area contributed by atoms with Gasteiger partial charge in [0.25, 0.3) is 0 Å². The van der Waals surface area contributed by atoms with Gasteiger partial charge in [0.05, 0.1) is 13.2 Å². The smallest absolute Gasteiger partial charge is 0.234 e. The van der Waals surface area contributed by atoms with Gasteiger partial charge >= 0.3 is 0 Å². The summed E-state index contributed by atoms with van der Waals surface area (Å²) in [5, 5.41) is 0. The average Bonchev–Trinajstić information content (AvgIpc) is 2.46. The molecule has 1 fully saturated rings. The molecule has 2 rings (SSSR count). The van der Waals surface area contributed by atoms with Crippen molar-refractivity contribution >= 4 is 11.6 Å². The van der Waals surface area contributed by atoms with Crippen LogP contribution in [0.1, 0.15) is 6.92 Å². The molecule has 0 saturated carbocycles. The molecule has 1 amide bonds. The monoisotopic (exact) mass is 263 g/mol. The van der Waals surface area contributed by atoms with Crippen LogP contribution in [0.3, 0.4) is 0 Å². The summed E-state index contributed by atoms with van der Waals surface area (Å²) >= 11 is 0. The van der Waals surface area contributed by atoms with Crippen LogP contribution in [-0.2, 0) is 4.79 Å². The fourth-order valence-electron chi connectivity index (χ4n) is 2.35. The predicted molar refractivity (Wildman–Crippen MR) is 75.4 cm³/mol. The number of primary amides is 1. The second-order valence-corrected chi connectivity index (χ2v) is 4.80. The molecule has 5 heteroatoms. The molecule has 1 aliphatic heterocycles. The second kappa shape index (κ2) is 5.93. The van der Waals surface area contributed by atoms with E-state index in [0.29, 0.717) is 0 Å². The Labute approximate surface area is 113 Å². The molecule has 0 bridgehead atoms. The molecule has 19 heavy (non-hydrogen) atoms. The van der Waals surface area contributed by atoms with Crippen LogP contribution < -0.4 is 15.4 Å². The van der Waals surface area contributed by atoms with Crippen LogP contribution in [0.15, 0.2) is 24.3 Å². The van der Waals surface area contributed by atoms with Gasteiger partial charge in [-0.1, -0.05) is 6.07 Å². The molecule has 1 atom stereocenters. The van der Waals surface area contributed by atoms with Crippen molar-refractivity contribution in [3.8, 4) is 5.75 Å². The number of hydrogen-bond donors (Lipinski definition) is 1. The molecule has 104 valence electrons. The molecule has 1 aromatic carbocycles.